The molecule has 0 atom stereocenters. The predicted molar refractivity (Wildman–Crippen MR) is 97.6 cm³/mol. The van der Waals surface area contributed by atoms with E-state index in [2.05, 4.69) is 0 Å². The van der Waals surface area contributed by atoms with Gasteiger partial charge in [0.2, 0.25) is 10.0 Å². The van der Waals surface area contributed by atoms with Crippen molar-refractivity contribution in [3.63, 3.8) is 0 Å². The van der Waals surface area contributed by atoms with Crippen LogP contribution in [-0.4, -0.2) is 46.3 Å². The highest BCUT2D eigenvalue weighted by molar-refractivity contribution is 7.90. The van der Waals surface area contributed by atoms with Crippen molar-refractivity contribution in [1.29, 1.82) is 0 Å². The summed E-state index contributed by atoms with van der Waals surface area (Å²) in [6.07, 6.45) is 2.20. The molecule has 0 bridgehead atoms. The molecule has 158 valence electrons. The maximum Gasteiger partial charge on any atom is 0.511 e. The van der Waals surface area contributed by atoms with Crippen LogP contribution >= 0.6 is 11.6 Å². The quantitative estimate of drug-likeness (QED) is 0.707. The zero-order valence-corrected chi connectivity index (χ0v) is 17.1. The molecule has 0 radical (unpaired) electrons. The highest BCUT2D eigenvalue weighted by atomic mass is 35.5. The first-order chi connectivity index (χ1) is 12.9. The Bertz CT molecular complexity index is 922. The van der Waals surface area contributed by atoms with Crippen LogP contribution < -0.4 is 4.72 Å². The van der Waals surface area contributed by atoms with E-state index in [9.17, 15) is 30.0 Å². The molecule has 0 spiro atoms. The molecule has 6 nitrogen and oxygen atoms in total. The summed E-state index contributed by atoms with van der Waals surface area (Å²) in [5.41, 5.74) is -6.03. The SMILES string of the molecule is O=S(=O)(c1ccc(Cl)cc1)N1CCC(CNS(=O)(=O)C(F)(F)F)(C2CC2)CC1. The van der Waals surface area contributed by atoms with E-state index in [1.165, 1.54) is 28.6 Å². The maximum atomic E-state index is 12.8. The number of rotatable bonds is 6. The largest absolute Gasteiger partial charge is 0.511 e. The molecule has 1 aliphatic heterocycles. The molecule has 0 unspecified atom stereocenters. The minimum absolute atomic E-state index is 0.0913. The van der Waals surface area contributed by atoms with E-state index in [1.807, 2.05) is 0 Å². The Labute approximate surface area is 167 Å². The Morgan fingerprint density at radius 3 is 2.07 bits per heavy atom. The third-order valence-electron chi connectivity index (χ3n) is 5.53. The fourth-order valence-corrected chi connectivity index (χ4v) is 5.88. The highest BCUT2D eigenvalue weighted by Crippen LogP contribution is 2.51. The van der Waals surface area contributed by atoms with Crippen LogP contribution in [0, 0.1) is 11.3 Å². The zero-order chi connectivity index (χ0) is 20.8. The molecular formula is C16H20ClF3N2O4S2. The number of nitrogens with zero attached hydrogens (tertiary/aromatic N) is 1. The lowest BCUT2D eigenvalue weighted by Crippen LogP contribution is -2.50. The number of hydrogen-bond donors (Lipinski definition) is 1. The van der Waals surface area contributed by atoms with Gasteiger partial charge in [-0.2, -0.15) is 17.5 Å². The monoisotopic (exact) mass is 460 g/mol. The van der Waals surface area contributed by atoms with Crippen molar-refractivity contribution in [2.75, 3.05) is 19.6 Å². The van der Waals surface area contributed by atoms with E-state index in [0.29, 0.717) is 17.9 Å². The fourth-order valence-electron chi connectivity index (χ4n) is 3.67. The summed E-state index contributed by atoms with van der Waals surface area (Å²) in [4.78, 5) is 0.0913. The van der Waals surface area contributed by atoms with Gasteiger partial charge in [-0.15, -0.1) is 0 Å². The lowest BCUT2D eigenvalue weighted by Gasteiger charge is -2.41. The van der Waals surface area contributed by atoms with Gasteiger partial charge in [0, 0.05) is 24.7 Å². The Morgan fingerprint density at radius 2 is 1.61 bits per heavy atom. The van der Waals surface area contributed by atoms with Gasteiger partial charge in [0.25, 0.3) is 0 Å². The molecule has 0 aromatic heterocycles. The Morgan fingerprint density at radius 1 is 1.07 bits per heavy atom. The van der Waals surface area contributed by atoms with E-state index >= 15 is 0 Å². The molecule has 1 heterocycles. The Kier molecular flexibility index (Phi) is 5.78. The average molecular weight is 461 g/mol. The lowest BCUT2D eigenvalue weighted by atomic mass is 9.75. The van der Waals surface area contributed by atoms with Crippen molar-refractivity contribution in [3.8, 4) is 0 Å². The number of piperidine rings is 1. The average Bonchev–Trinajstić information content (AvgIpc) is 3.45. The van der Waals surface area contributed by atoms with E-state index in [4.69, 9.17) is 11.6 Å². The van der Waals surface area contributed by atoms with Crippen molar-refractivity contribution in [3.05, 3.63) is 29.3 Å². The second-order valence-electron chi connectivity index (χ2n) is 7.26. The van der Waals surface area contributed by atoms with Crippen molar-refractivity contribution in [2.24, 2.45) is 11.3 Å². The van der Waals surface area contributed by atoms with Crippen LogP contribution in [0.15, 0.2) is 29.2 Å². The normalized spacial score (nSPS) is 21.6. The van der Waals surface area contributed by atoms with E-state index in [-0.39, 0.29) is 30.4 Å². The predicted octanol–water partition coefficient (Wildman–Crippen LogP) is 2.96. The van der Waals surface area contributed by atoms with Gasteiger partial charge in [0.05, 0.1) is 4.90 Å². The summed E-state index contributed by atoms with van der Waals surface area (Å²) in [6, 6.07) is 5.74. The molecule has 1 N–H and O–H groups in total. The van der Waals surface area contributed by atoms with Crippen LogP contribution in [0.2, 0.25) is 5.02 Å². The molecule has 12 heteroatoms. The zero-order valence-electron chi connectivity index (χ0n) is 14.7. The molecule has 1 aromatic rings. The van der Waals surface area contributed by atoms with Gasteiger partial charge in [-0.25, -0.2) is 21.6 Å². The van der Waals surface area contributed by atoms with Gasteiger partial charge in [-0.3, -0.25) is 0 Å². The molecule has 0 amide bonds. The maximum absolute atomic E-state index is 12.8. The third-order valence-corrected chi connectivity index (χ3v) is 8.83. The molecule has 2 fully saturated rings. The minimum atomic E-state index is -5.42. The summed E-state index contributed by atoms with van der Waals surface area (Å²) in [6.45, 7) is -0.0985. The summed E-state index contributed by atoms with van der Waals surface area (Å²) in [5.74, 6) is 0.101. The number of hydrogen-bond acceptors (Lipinski definition) is 4. The smallest absolute Gasteiger partial charge is 0.207 e. The lowest BCUT2D eigenvalue weighted by molar-refractivity contribution is -0.0452. The number of benzene rings is 1. The first kappa shape index (κ1) is 21.8. The molecule has 2 aliphatic rings. The van der Waals surface area contributed by atoms with Crippen molar-refractivity contribution in [1.82, 2.24) is 9.03 Å². The molecule has 1 saturated heterocycles. The van der Waals surface area contributed by atoms with Gasteiger partial charge >= 0.3 is 15.5 Å². The molecule has 3 rings (SSSR count). The summed E-state index contributed by atoms with van der Waals surface area (Å²) in [7, 11) is -9.17. The Balaban J connectivity index is 1.71. The Hall–Kier alpha value is -0.880. The van der Waals surface area contributed by atoms with Crippen LogP contribution in [0.25, 0.3) is 0 Å². The first-order valence-corrected chi connectivity index (χ1v) is 12.0. The van der Waals surface area contributed by atoms with Crippen LogP contribution in [0.5, 0.6) is 0 Å². The van der Waals surface area contributed by atoms with Crippen molar-refractivity contribution in [2.45, 2.75) is 36.1 Å². The van der Waals surface area contributed by atoms with Gasteiger partial charge in [0.15, 0.2) is 0 Å². The van der Waals surface area contributed by atoms with Gasteiger partial charge < -0.3 is 0 Å². The van der Waals surface area contributed by atoms with Gasteiger partial charge in [0.1, 0.15) is 0 Å². The van der Waals surface area contributed by atoms with Crippen LogP contribution in [0.4, 0.5) is 13.2 Å². The number of nitrogens with one attached hydrogen (secondary N) is 1. The third kappa shape index (κ3) is 4.33. The van der Waals surface area contributed by atoms with Crippen molar-refractivity contribution >= 4 is 31.6 Å². The molecule has 28 heavy (non-hydrogen) atoms. The summed E-state index contributed by atoms with van der Waals surface area (Å²) >= 11 is 5.79. The van der Waals surface area contributed by atoms with E-state index in [1.54, 1.807) is 4.72 Å². The molecule has 1 saturated carbocycles. The number of sulfonamides is 2. The van der Waals surface area contributed by atoms with Gasteiger partial charge in [-0.05, 0) is 61.3 Å². The van der Waals surface area contributed by atoms with E-state index < -0.39 is 31.0 Å². The fraction of sp³-hybridized carbons (Fsp3) is 0.625. The second kappa shape index (κ2) is 7.42. The highest BCUT2D eigenvalue weighted by Gasteiger charge is 2.51. The molecular weight excluding hydrogens is 441 g/mol. The summed E-state index contributed by atoms with van der Waals surface area (Å²) < 4.78 is 89.1. The second-order valence-corrected chi connectivity index (χ2v) is 11.4. The van der Waals surface area contributed by atoms with E-state index in [0.717, 1.165) is 12.8 Å². The van der Waals surface area contributed by atoms with Crippen LogP contribution in [0.3, 0.4) is 0 Å². The molecule has 1 aromatic carbocycles. The van der Waals surface area contributed by atoms with Gasteiger partial charge in [-0.1, -0.05) is 11.6 Å². The first-order valence-electron chi connectivity index (χ1n) is 8.69. The topological polar surface area (TPSA) is 83.6 Å². The molecule has 1 aliphatic carbocycles. The van der Waals surface area contributed by atoms with Crippen LogP contribution in [-0.2, 0) is 20.0 Å². The van der Waals surface area contributed by atoms with Crippen molar-refractivity contribution < 1.29 is 30.0 Å². The van der Waals surface area contributed by atoms with Crippen LogP contribution in [0.1, 0.15) is 25.7 Å². The minimum Gasteiger partial charge on any atom is -0.207 e. The number of alkyl halides is 3. The number of halogens is 4. The standard InChI is InChI=1S/C16H20ClF3N2O4S2/c17-13-3-5-14(6-4-13)27(23,24)22-9-7-15(8-10-22,12-1-2-12)11-21-28(25,26)16(18,19)20/h3-6,12,21H,1-2,7-11H2. The summed E-state index contributed by atoms with van der Waals surface area (Å²) in [5, 5.41) is 0.405.